The summed E-state index contributed by atoms with van der Waals surface area (Å²) in [5.41, 5.74) is 2.39. The fourth-order valence-corrected chi connectivity index (χ4v) is 4.14. The lowest BCUT2D eigenvalue weighted by Gasteiger charge is -2.24. The zero-order chi connectivity index (χ0) is 19.1. The van der Waals surface area contributed by atoms with Crippen LogP contribution >= 0.6 is 11.6 Å². The van der Waals surface area contributed by atoms with Crippen molar-refractivity contribution in [1.29, 1.82) is 5.26 Å². The van der Waals surface area contributed by atoms with Gasteiger partial charge < -0.3 is 4.57 Å². The highest BCUT2D eigenvalue weighted by Gasteiger charge is 2.34. The molecule has 0 spiro atoms. The Kier molecular flexibility index (Phi) is 4.76. The highest BCUT2D eigenvalue weighted by molar-refractivity contribution is 7.89. The summed E-state index contributed by atoms with van der Waals surface area (Å²) in [5.74, 6) is -0.649. The van der Waals surface area contributed by atoms with Gasteiger partial charge in [-0.25, -0.2) is 13.6 Å². The number of nitrogens with two attached hydrogens (primary N) is 1. The van der Waals surface area contributed by atoms with Crippen LogP contribution in [0.5, 0.6) is 0 Å². The van der Waals surface area contributed by atoms with Gasteiger partial charge in [-0.15, -0.1) is 0 Å². The van der Waals surface area contributed by atoms with Gasteiger partial charge in [-0.2, -0.15) is 5.26 Å². The lowest BCUT2D eigenvalue weighted by atomic mass is 9.91. The molecule has 0 amide bonds. The number of sulfonamides is 1. The fourth-order valence-electron chi connectivity index (χ4n) is 3.31. The molecule has 8 heteroatoms. The van der Waals surface area contributed by atoms with Crippen molar-refractivity contribution in [2.24, 2.45) is 12.2 Å². The molecule has 134 valence electrons. The summed E-state index contributed by atoms with van der Waals surface area (Å²) in [6.45, 7) is 1.54. The number of aryl methyl sites for hydroxylation is 1. The van der Waals surface area contributed by atoms with Crippen LogP contribution in [-0.2, 0) is 17.1 Å². The summed E-state index contributed by atoms with van der Waals surface area (Å²) in [5, 5.41) is 15.5. The molecule has 0 bridgehead atoms. The number of fused-ring (bicyclic) bond motifs is 1. The third kappa shape index (κ3) is 3.07. The van der Waals surface area contributed by atoms with Crippen LogP contribution in [0.4, 0.5) is 0 Å². The lowest BCUT2D eigenvalue weighted by molar-refractivity contribution is 0.571. The maximum Gasteiger partial charge on any atom is 0.212 e. The number of nitriles is 1. The predicted molar refractivity (Wildman–Crippen MR) is 101 cm³/mol. The molecule has 2 aromatic heterocycles. The average molecular weight is 389 g/mol. The smallest absolute Gasteiger partial charge is 0.212 e. The molecule has 2 atom stereocenters. The van der Waals surface area contributed by atoms with Crippen LogP contribution in [0.3, 0.4) is 0 Å². The summed E-state index contributed by atoms with van der Waals surface area (Å²) in [6, 6.07) is 10.9. The number of primary sulfonamides is 1. The number of aromatic nitrogens is 2. The maximum atomic E-state index is 12.1. The number of nitrogens with zero attached hydrogens (tertiary/aromatic N) is 3. The van der Waals surface area contributed by atoms with E-state index in [2.05, 4.69) is 11.1 Å². The minimum absolute atomic E-state index is 0.406. The summed E-state index contributed by atoms with van der Waals surface area (Å²) in [7, 11) is -2.08. The molecule has 0 saturated carbocycles. The predicted octanol–water partition coefficient (Wildman–Crippen LogP) is 2.91. The maximum absolute atomic E-state index is 12.1. The third-order valence-corrected chi connectivity index (χ3v) is 6.19. The van der Waals surface area contributed by atoms with Gasteiger partial charge in [-0.05, 0) is 30.7 Å². The van der Waals surface area contributed by atoms with Crippen molar-refractivity contribution in [2.45, 2.75) is 18.1 Å². The topological polar surface area (TPSA) is 102 Å². The van der Waals surface area contributed by atoms with Crippen molar-refractivity contribution in [1.82, 2.24) is 9.55 Å². The van der Waals surface area contributed by atoms with Gasteiger partial charge in [0.15, 0.2) is 0 Å². The van der Waals surface area contributed by atoms with E-state index in [1.807, 2.05) is 0 Å². The van der Waals surface area contributed by atoms with E-state index in [4.69, 9.17) is 16.7 Å². The molecule has 3 aromatic rings. The van der Waals surface area contributed by atoms with E-state index in [1.165, 1.54) is 0 Å². The number of benzene rings is 1. The van der Waals surface area contributed by atoms with E-state index < -0.39 is 21.2 Å². The Hall–Kier alpha value is -2.40. The standard InChI is InChI=1S/C18H17ClN4O2S/c1-11(26(21,24)25)17(12-4-3-7-22-10-12)18-15(9-20)14-6-5-13(19)8-16(14)23(18)2/h3-8,10-11,17H,1-2H3,(H2,21,24,25). The molecule has 3 rings (SSSR count). The Labute approximate surface area is 156 Å². The first-order valence-electron chi connectivity index (χ1n) is 7.85. The van der Waals surface area contributed by atoms with Crippen LogP contribution in [0.2, 0.25) is 5.02 Å². The number of hydrogen-bond donors (Lipinski definition) is 1. The summed E-state index contributed by atoms with van der Waals surface area (Å²) in [6.07, 6.45) is 3.20. The highest BCUT2D eigenvalue weighted by Crippen LogP contribution is 2.37. The van der Waals surface area contributed by atoms with Gasteiger partial charge in [0.25, 0.3) is 0 Å². The van der Waals surface area contributed by atoms with Crippen molar-refractivity contribution < 1.29 is 8.42 Å². The minimum atomic E-state index is -3.86. The molecule has 0 aliphatic carbocycles. The zero-order valence-electron chi connectivity index (χ0n) is 14.2. The molecule has 0 aliphatic heterocycles. The largest absolute Gasteiger partial charge is 0.346 e. The summed E-state index contributed by atoms with van der Waals surface area (Å²) < 4.78 is 26.1. The summed E-state index contributed by atoms with van der Waals surface area (Å²) >= 11 is 6.11. The first kappa shape index (κ1) is 18.4. The van der Waals surface area contributed by atoms with Crippen LogP contribution in [0, 0.1) is 11.3 Å². The third-order valence-electron chi connectivity index (χ3n) is 4.65. The van der Waals surface area contributed by atoms with Crippen molar-refractivity contribution in [3.05, 3.63) is 64.6 Å². The van der Waals surface area contributed by atoms with Gasteiger partial charge in [-0.1, -0.05) is 23.7 Å². The van der Waals surface area contributed by atoms with Crippen LogP contribution in [0.1, 0.15) is 29.7 Å². The van der Waals surface area contributed by atoms with Crippen LogP contribution in [-0.4, -0.2) is 23.2 Å². The Balaban J connectivity index is 2.39. The first-order valence-corrected chi connectivity index (χ1v) is 9.84. The number of pyridine rings is 1. The van der Waals surface area contributed by atoms with E-state index >= 15 is 0 Å². The molecule has 1 aromatic carbocycles. The Morgan fingerprint density at radius 1 is 1.35 bits per heavy atom. The van der Waals surface area contributed by atoms with Crippen molar-refractivity contribution in [3.8, 4) is 6.07 Å². The van der Waals surface area contributed by atoms with Gasteiger partial charge in [0.2, 0.25) is 10.0 Å². The molecule has 26 heavy (non-hydrogen) atoms. The molecular formula is C18H17ClN4O2S. The van der Waals surface area contributed by atoms with Gasteiger partial charge in [-0.3, -0.25) is 4.98 Å². The van der Waals surface area contributed by atoms with Crippen LogP contribution in [0.25, 0.3) is 10.9 Å². The molecule has 6 nitrogen and oxygen atoms in total. The highest BCUT2D eigenvalue weighted by atomic mass is 35.5. The van der Waals surface area contributed by atoms with Gasteiger partial charge >= 0.3 is 0 Å². The molecule has 0 saturated heterocycles. The van der Waals surface area contributed by atoms with Gasteiger partial charge in [0.1, 0.15) is 6.07 Å². The first-order chi connectivity index (χ1) is 12.3. The second kappa shape index (κ2) is 6.72. The Bertz CT molecular complexity index is 1120. The van der Waals surface area contributed by atoms with E-state index in [1.54, 1.807) is 61.3 Å². The van der Waals surface area contributed by atoms with Gasteiger partial charge in [0.05, 0.1) is 16.3 Å². The van der Waals surface area contributed by atoms with Crippen LogP contribution in [0.15, 0.2) is 42.7 Å². The molecule has 0 fully saturated rings. The van der Waals surface area contributed by atoms with Gasteiger partial charge in [0, 0.05) is 41.5 Å². The fraction of sp³-hybridized carbons (Fsp3) is 0.222. The van der Waals surface area contributed by atoms with Crippen molar-refractivity contribution in [2.75, 3.05) is 0 Å². The lowest BCUT2D eigenvalue weighted by Crippen LogP contribution is -2.33. The molecule has 2 heterocycles. The normalized spacial score (nSPS) is 14.1. The molecule has 2 N–H and O–H groups in total. The van der Waals surface area contributed by atoms with E-state index in [0.717, 1.165) is 5.52 Å². The second-order valence-electron chi connectivity index (χ2n) is 6.15. The van der Waals surface area contributed by atoms with E-state index in [0.29, 0.717) is 27.2 Å². The zero-order valence-corrected chi connectivity index (χ0v) is 15.8. The van der Waals surface area contributed by atoms with Crippen molar-refractivity contribution in [3.63, 3.8) is 0 Å². The van der Waals surface area contributed by atoms with E-state index in [9.17, 15) is 13.7 Å². The molecule has 2 unspecified atom stereocenters. The average Bonchev–Trinajstić information content (AvgIpc) is 2.87. The Morgan fingerprint density at radius 3 is 2.65 bits per heavy atom. The van der Waals surface area contributed by atoms with Crippen molar-refractivity contribution >= 4 is 32.5 Å². The molecule has 0 radical (unpaired) electrons. The van der Waals surface area contributed by atoms with Crippen LogP contribution < -0.4 is 5.14 Å². The number of rotatable bonds is 4. The molecule has 0 aliphatic rings. The minimum Gasteiger partial charge on any atom is -0.346 e. The monoisotopic (exact) mass is 388 g/mol. The van der Waals surface area contributed by atoms with E-state index in [-0.39, 0.29) is 0 Å². The number of halogens is 1. The number of hydrogen-bond acceptors (Lipinski definition) is 4. The summed E-state index contributed by atoms with van der Waals surface area (Å²) in [4.78, 5) is 4.10. The Morgan fingerprint density at radius 2 is 2.08 bits per heavy atom. The second-order valence-corrected chi connectivity index (χ2v) is 8.51. The quantitative estimate of drug-likeness (QED) is 0.742. The molecular weight excluding hydrogens is 372 g/mol. The SMILES string of the molecule is CC(C(c1cccnc1)c1c(C#N)c2ccc(Cl)cc2n1C)S(N)(=O)=O.